The first-order valence-electron chi connectivity index (χ1n) is 8.95. The second-order valence-electron chi connectivity index (χ2n) is 6.91. The van der Waals surface area contributed by atoms with E-state index in [0.29, 0.717) is 11.3 Å². The second-order valence-corrected chi connectivity index (χ2v) is 6.91. The zero-order valence-electron chi connectivity index (χ0n) is 16.0. The molecule has 0 radical (unpaired) electrons. The maximum Gasteiger partial charge on any atom is 0.355 e. The number of esters is 1. The van der Waals surface area contributed by atoms with E-state index in [9.17, 15) is 24.5 Å². The van der Waals surface area contributed by atoms with Crippen molar-refractivity contribution in [3.05, 3.63) is 69.8 Å². The molecule has 0 unspecified atom stereocenters. The number of rotatable bonds is 4. The number of hydrogen-bond donors (Lipinski definition) is 1. The van der Waals surface area contributed by atoms with Crippen molar-refractivity contribution in [3.63, 3.8) is 0 Å². The molecule has 1 saturated heterocycles. The molecule has 2 aromatic rings. The van der Waals surface area contributed by atoms with Crippen molar-refractivity contribution in [2.45, 2.75) is 12.5 Å². The van der Waals surface area contributed by atoms with Crippen LogP contribution in [0.3, 0.4) is 0 Å². The average Bonchev–Trinajstić information content (AvgIpc) is 3.24. The normalized spacial score (nSPS) is 22.4. The minimum Gasteiger partial charge on any atom is -0.464 e. The zero-order chi connectivity index (χ0) is 21.6. The van der Waals surface area contributed by atoms with Crippen LogP contribution < -0.4 is 10.3 Å². The Kier molecular flexibility index (Phi) is 4.34. The highest BCUT2D eigenvalue weighted by atomic mass is 16.6. The molecule has 2 aliphatic heterocycles. The summed E-state index contributed by atoms with van der Waals surface area (Å²) in [5, 5.41) is 15.2. The zero-order valence-corrected chi connectivity index (χ0v) is 16.0. The quantitative estimate of drug-likeness (QED) is 0.350. The molecule has 0 spiro atoms. The third-order valence-electron chi connectivity index (χ3n) is 5.33. The van der Waals surface area contributed by atoms with Crippen molar-refractivity contribution < 1.29 is 24.0 Å². The molecule has 2 amide bonds. The van der Waals surface area contributed by atoms with Crippen molar-refractivity contribution in [2.75, 3.05) is 12.0 Å². The number of nitrogens with zero attached hydrogens (tertiary/aromatic N) is 3. The minimum atomic E-state index is -1.80. The summed E-state index contributed by atoms with van der Waals surface area (Å²) in [6.45, 7) is 1.74. The molecule has 2 heterocycles. The number of hydrazone groups is 1. The van der Waals surface area contributed by atoms with Crippen molar-refractivity contribution in [1.29, 1.82) is 0 Å². The van der Waals surface area contributed by atoms with Gasteiger partial charge in [-0.1, -0.05) is 30.3 Å². The number of fused-ring (bicyclic) bond motifs is 1. The Morgan fingerprint density at radius 1 is 1.23 bits per heavy atom. The largest absolute Gasteiger partial charge is 0.464 e. The summed E-state index contributed by atoms with van der Waals surface area (Å²) in [6, 6.07) is 12.2. The summed E-state index contributed by atoms with van der Waals surface area (Å²) >= 11 is 0. The molecule has 1 fully saturated rings. The molecule has 0 saturated carbocycles. The second kappa shape index (κ2) is 6.76. The maximum atomic E-state index is 13.7. The van der Waals surface area contributed by atoms with E-state index in [4.69, 9.17) is 4.74 Å². The van der Waals surface area contributed by atoms with Crippen LogP contribution in [0.25, 0.3) is 0 Å². The van der Waals surface area contributed by atoms with Gasteiger partial charge in [-0.05, 0) is 24.1 Å². The van der Waals surface area contributed by atoms with Gasteiger partial charge in [0.25, 0.3) is 11.6 Å². The molecule has 2 aliphatic rings. The SMILES string of the molecule is COC(=O)C1=NN[C@]2(c3cccc([N+](=O)[O-])c3)C(=O)N(c3ccccc3C)C(=O)[C@H]12. The van der Waals surface area contributed by atoms with Crippen LogP contribution in [-0.4, -0.2) is 35.5 Å². The van der Waals surface area contributed by atoms with Crippen LogP contribution in [0, 0.1) is 23.0 Å². The molecule has 10 nitrogen and oxygen atoms in total. The summed E-state index contributed by atoms with van der Waals surface area (Å²) in [7, 11) is 1.14. The Morgan fingerprint density at radius 2 is 1.97 bits per heavy atom. The number of para-hydroxylation sites is 1. The van der Waals surface area contributed by atoms with Gasteiger partial charge in [-0.15, -0.1) is 0 Å². The fourth-order valence-corrected chi connectivity index (χ4v) is 3.89. The molecule has 1 N–H and O–H groups in total. The van der Waals surface area contributed by atoms with Gasteiger partial charge >= 0.3 is 5.97 Å². The van der Waals surface area contributed by atoms with Gasteiger partial charge < -0.3 is 4.74 Å². The lowest BCUT2D eigenvalue weighted by atomic mass is 9.78. The summed E-state index contributed by atoms with van der Waals surface area (Å²) in [4.78, 5) is 51.0. The number of carbonyl (C=O) groups excluding carboxylic acids is 3. The third kappa shape index (κ3) is 2.50. The number of non-ortho nitro benzene ring substituents is 1. The first kappa shape index (κ1) is 19.2. The first-order chi connectivity index (χ1) is 14.3. The fourth-order valence-electron chi connectivity index (χ4n) is 3.89. The molecule has 0 aliphatic carbocycles. The fraction of sp³-hybridized carbons (Fsp3) is 0.200. The summed E-state index contributed by atoms with van der Waals surface area (Å²) in [5.41, 5.74) is 1.49. The average molecular weight is 408 g/mol. The Labute approximate surface area is 170 Å². The van der Waals surface area contributed by atoms with Gasteiger partial charge in [-0.2, -0.15) is 5.10 Å². The lowest BCUT2D eigenvalue weighted by Gasteiger charge is -2.26. The number of ether oxygens (including phenoxy) is 1. The summed E-state index contributed by atoms with van der Waals surface area (Å²) < 4.78 is 4.73. The number of benzene rings is 2. The van der Waals surface area contributed by atoms with Crippen molar-refractivity contribution in [1.82, 2.24) is 5.43 Å². The molecule has 2 aromatic carbocycles. The summed E-state index contributed by atoms with van der Waals surface area (Å²) in [5.74, 6) is -3.56. The molecular formula is C20H16N4O6. The number of aryl methyl sites for hydroxylation is 1. The minimum absolute atomic E-state index is 0.152. The van der Waals surface area contributed by atoms with Crippen LogP contribution in [0.1, 0.15) is 11.1 Å². The number of carbonyl (C=O) groups is 3. The molecule has 30 heavy (non-hydrogen) atoms. The van der Waals surface area contributed by atoms with Crippen LogP contribution >= 0.6 is 0 Å². The first-order valence-corrected chi connectivity index (χ1v) is 8.95. The van der Waals surface area contributed by atoms with Crippen molar-refractivity contribution in [3.8, 4) is 0 Å². The van der Waals surface area contributed by atoms with E-state index in [-0.39, 0.29) is 17.0 Å². The number of nitrogens with one attached hydrogen (secondary N) is 1. The van der Waals surface area contributed by atoms with Gasteiger partial charge in [0, 0.05) is 12.1 Å². The molecule has 0 bridgehead atoms. The van der Waals surface area contributed by atoms with E-state index in [1.54, 1.807) is 31.2 Å². The van der Waals surface area contributed by atoms with Gasteiger partial charge in [-0.25, -0.2) is 9.69 Å². The predicted molar refractivity (Wildman–Crippen MR) is 105 cm³/mol. The Balaban J connectivity index is 1.93. The highest BCUT2D eigenvalue weighted by molar-refractivity contribution is 6.47. The number of amides is 2. The molecule has 0 aromatic heterocycles. The molecular weight excluding hydrogens is 392 g/mol. The van der Waals surface area contributed by atoms with Crippen LogP contribution in [0.15, 0.2) is 53.6 Å². The number of anilines is 1. The maximum absolute atomic E-state index is 13.7. The Hall–Kier alpha value is -4.08. The topological polar surface area (TPSA) is 131 Å². The van der Waals surface area contributed by atoms with Gasteiger partial charge in [0.15, 0.2) is 11.3 Å². The van der Waals surface area contributed by atoms with Crippen LogP contribution in [-0.2, 0) is 24.7 Å². The monoisotopic (exact) mass is 408 g/mol. The van der Waals surface area contributed by atoms with Crippen molar-refractivity contribution >= 4 is 34.9 Å². The predicted octanol–water partition coefficient (Wildman–Crippen LogP) is 1.42. The smallest absolute Gasteiger partial charge is 0.355 e. The van der Waals surface area contributed by atoms with E-state index in [1.807, 2.05) is 0 Å². The van der Waals surface area contributed by atoms with Gasteiger partial charge in [0.05, 0.1) is 17.7 Å². The standard InChI is InChI=1S/C20H16N4O6/c1-11-6-3-4-9-14(11)23-17(25)15-16(18(26)30-2)21-22-20(15,19(23)27)12-7-5-8-13(10-12)24(28)29/h3-10,15,22H,1-2H3/t15-,20-/m0/s1. The molecule has 152 valence electrons. The van der Waals surface area contributed by atoms with E-state index in [2.05, 4.69) is 10.5 Å². The van der Waals surface area contributed by atoms with Gasteiger partial charge in [0.2, 0.25) is 5.91 Å². The Morgan fingerprint density at radius 3 is 2.63 bits per heavy atom. The third-order valence-corrected chi connectivity index (χ3v) is 5.33. The number of nitro benzene ring substituents is 1. The highest BCUT2D eigenvalue weighted by Gasteiger charge is 2.67. The molecule has 10 heteroatoms. The van der Waals surface area contributed by atoms with E-state index in [0.717, 1.165) is 12.0 Å². The number of methoxy groups -OCH3 is 1. The number of hydrogen-bond acceptors (Lipinski definition) is 8. The van der Waals surface area contributed by atoms with Gasteiger partial charge in [-0.3, -0.25) is 25.1 Å². The van der Waals surface area contributed by atoms with Gasteiger partial charge in [0.1, 0.15) is 5.92 Å². The Bertz CT molecular complexity index is 1140. The number of imide groups is 1. The van der Waals surface area contributed by atoms with E-state index >= 15 is 0 Å². The summed E-state index contributed by atoms with van der Waals surface area (Å²) in [6.07, 6.45) is 0. The van der Waals surface area contributed by atoms with Crippen LogP contribution in [0.2, 0.25) is 0 Å². The number of nitro groups is 1. The molecule has 2 atom stereocenters. The van der Waals surface area contributed by atoms with E-state index in [1.165, 1.54) is 24.3 Å². The highest BCUT2D eigenvalue weighted by Crippen LogP contribution is 2.46. The van der Waals surface area contributed by atoms with E-state index < -0.39 is 34.2 Å². The molecule has 4 rings (SSSR count). The lowest BCUT2D eigenvalue weighted by Crippen LogP contribution is -2.48. The lowest BCUT2D eigenvalue weighted by molar-refractivity contribution is -0.385. The van der Waals surface area contributed by atoms with Crippen LogP contribution in [0.4, 0.5) is 11.4 Å². The van der Waals surface area contributed by atoms with Crippen LogP contribution in [0.5, 0.6) is 0 Å². The van der Waals surface area contributed by atoms with Crippen molar-refractivity contribution in [2.24, 2.45) is 11.0 Å².